The molecule has 1 aromatic rings. The summed E-state index contributed by atoms with van der Waals surface area (Å²) in [4.78, 5) is 12.0. The maximum absolute atomic E-state index is 12.0. The lowest BCUT2D eigenvalue weighted by Crippen LogP contribution is -2.35. The largest absolute Gasteiger partial charge is 0.489 e. The van der Waals surface area contributed by atoms with Crippen LogP contribution in [0.2, 0.25) is 5.02 Å². The maximum atomic E-state index is 12.0. The Morgan fingerprint density at radius 1 is 1.47 bits per heavy atom. The molecule has 0 fully saturated rings. The number of hydrogen-bond donors (Lipinski definition) is 2. The number of ether oxygens (including phenoxy) is 2. The Morgan fingerprint density at radius 3 is 2.95 bits per heavy atom. The van der Waals surface area contributed by atoms with E-state index < -0.39 is 0 Å². The Bertz CT molecular complexity index is 478. The van der Waals surface area contributed by atoms with Gasteiger partial charge in [0.2, 0.25) is 0 Å². The van der Waals surface area contributed by atoms with Crippen LogP contribution in [0.3, 0.4) is 0 Å². The van der Waals surface area contributed by atoms with Crippen molar-refractivity contribution in [3.63, 3.8) is 0 Å². The van der Waals surface area contributed by atoms with E-state index in [1.54, 1.807) is 13.0 Å². The predicted molar refractivity (Wildman–Crippen MR) is 71.1 cm³/mol. The summed E-state index contributed by atoms with van der Waals surface area (Å²) in [6, 6.07) is 2.82. The van der Waals surface area contributed by atoms with Gasteiger partial charge >= 0.3 is 0 Å². The molecule has 19 heavy (non-hydrogen) atoms. The number of halogens is 1. The average Bonchev–Trinajstić information content (AvgIpc) is 2.63. The summed E-state index contributed by atoms with van der Waals surface area (Å²) < 4.78 is 11.0. The fourth-order valence-corrected chi connectivity index (χ4v) is 1.98. The van der Waals surface area contributed by atoms with E-state index >= 15 is 0 Å². The quantitative estimate of drug-likeness (QED) is 0.885. The zero-order valence-corrected chi connectivity index (χ0v) is 11.4. The first-order chi connectivity index (χ1) is 9.11. The smallest absolute Gasteiger partial charge is 0.251 e. The summed E-state index contributed by atoms with van der Waals surface area (Å²) in [5.41, 5.74) is 0.384. The lowest BCUT2D eigenvalue weighted by Gasteiger charge is -2.14. The molecular formula is C13H16ClNO4. The highest BCUT2D eigenvalue weighted by molar-refractivity contribution is 6.32. The zero-order chi connectivity index (χ0) is 13.8. The number of hydrogen-bond acceptors (Lipinski definition) is 4. The molecule has 1 aliphatic rings. The molecule has 5 nitrogen and oxygen atoms in total. The van der Waals surface area contributed by atoms with E-state index in [-0.39, 0.29) is 18.6 Å². The molecule has 1 amide bonds. The van der Waals surface area contributed by atoms with Crippen molar-refractivity contribution in [2.24, 2.45) is 0 Å². The van der Waals surface area contributed by atoms with Crippen molar-refractivity contribution >= 4 is 17.5 Å². The number of carbonyl (C=O) groups is 1. The van der Waals surface area contributed by atoms with Crippen molar-refractivity contribution in [2.75, 3.05) is 19.8 Å². The first-order valence-corrected chi connectivity index (χ1v) is 6.50. The summed E-state index contributed by atoms with van der Waals surface area (Å²) in [6.07, 6.45) is 0.772. The van der Waals surface area contributed by atoms with E-state index in [1.165, 1.54) is 6.07 Å². The Hall–Kier alpha value is -1.46. The SMILES string of the molecule is CC(CO)NC(=O)c1cc(Cl)c2c(c1)OCCCO2. The van der Waals surface area contributed by atoms with Gasteiger partial charge in [-0.05, 0) is 19.1 Å². The second kappa shape index (κ2) is 6.12. The molecule has 1 heterocycles. The van der Waals surface area contributed by atoms with E-state index in [0.717, 1.165) is 6.42 Å². The van der Waals surface area contributed by atoms with Crippen LogP contribution in [0.5, 0.6) is 11.5 Å². The van der Waals surface area contributed by atoms with Gasteiger partial charge in [0.1, 0.15) is 0 Å². The van der Waals surface area contributed by atoms with Crippen LogP contribution in [0.25, 0.3) is 0 Å². The van der Waals surface area contributed by atoms with Crippen LogP contribution in [0, 0.1) is 0 Å². The molecule has 6 heteroatoms. The first-order valence-electron chi connectivity index (χ1n) is 6.12. The number of amides is 1. The van der Waals surface area contributed by atoms with E-state index in [4.69, 9.17) is 26.2 Å². The second-order valence-electron chi connectivity index (χ2n) is 4.39. The molecule has 0 aliphatic carbocycles. The Labute approximate surface area is 116 Å². The maximum Gasteiger partial charge on any atom is 0.251 e. The van der Waals surface area contributed by atoms with Crippen molar-refractivity contribution in [3.8, 4) is 11.5 Å². The highest BCUT2D eigenvalue weighted by atomic mass is 35.5. The summed E-state index contributed by atoms with van der Waals surface area (Å²) in [7, 11) is 0. The number of carbonyl (C=O) groups excluding carboxylic acids is 1. The number of nitrogens with one attached hydrogen (secondary N) is 1. The summed E-state index contributed by atoms with van der Waals surface area (Å²) in [6.45, 7) is 2.66. The van der Waals surface area contributed by atoms with Crippen molar-refractivity contribution in [2.45, 2.75) is 19.4 Å². The van der Waals surface area contributed by atoms with Gasteiger partial charge in [-0.2, -0.15) is 0 Å². The van der Waals surface area contributed by atoms with Crippen molar-refractivity contribution in [1.82, 2.24) is 5.32 Å². The fraction of sp³-hybridized carbons (Fsp3) is 0.462. The molecule has 2 N–H and O–H groups in total. The van der Waals surface area contributed by atoms with Crippen LogP contribution in [0.15, 0.2) is 12.1 Å². The van der Waals surface area contributed by atoms with Gasteiger partial charge in [0.05, 0.1) is 24.8 Å². The molecule has 1 unspecified atom stereocenters. The highest BCUT2D eigenvalue weighted by Gasteiger charge is 2.19. The molecule has 1 aromatic carbocycles. The van der Waals surface area contributed by atoms with Gasteiger partial charge in [-0.25, -0.2) is 0 Å². The number of fused-ring (bicyclic) bond motifs is 1. The summed E-state index contributed by atoms with van der Waals surface area (Å²) in [5, 5.41) is 11.9. The van der Waals surface area contributed by atoms with Crippen LogP contribution in [-0.2, 0) is 0 Å². The van der Waals surface area contributed by atoms with Gasteiger partial charge in [-0.15, -0.1) is 0 Å². The lowest BCUT2D eigenvalue weighted by atomic mass is 10.1. The summed E-state index contributed by atoms with van der Waals surface area (Å²) >= 11 is 6.10. The Balaban J connectivity index is 2.25. The monoisotopic (exact) mass is 285 g/mol. The Morgan fingerprint density at radius 2 is 2.21 bits per heavy atom. The molecule has 0 radical (unpaired) electrons. The topological polar surface area (TPSA) is 67.8 Å². The predicted octanol–water partition coefficient (Wildman–Crippen LogP) is 1.61. The van der Waals surface area contributed by atoms with Gasteiger partial charge in [-0.3, -0.25) is 4.79 Å². The van der Waals surface area contributed by atoms with Crippen LogP contribution in [0.4, 0.5) is 0 Å². The van der Waals surface area contributed by atoms with Gasteiger partial charge in [-0.1, -0.05) is 11.6 Å². The molecule has 0 saturated carbocycles. The van der Waals surface area contributed by atoms with E-state index in [2.05, 4.69) is 5.32 Å². The minimum Gasteiger partial charge on any atom is -0.489 e. The van der Waals surface area contributed by atoms with Crippen molar-refractivity contribution in [3.05, 3.63) is 22.7 Å². The minimum atomic E-state index is -0.317. The molecule has 1 aliphatic heterocycles. The number of aliphatic hydroxyl groups is 1. The molecule has 0 bridgehead atoms. The van der Waals surface area contributed by atoms with Crippen molar-refractivity contribution in [1.29, 1.82) is 0 Å². The molecule has 104 valence electrons. The van der Waals surface area contributed by atoms with E-state index in [1.807, 2.05) is 0 Å². The third-order valence-corrected chi connectivity index (χ3v) is 3.00. The Kier molecular flexibility index (Phi) is 4.50. The fourth-order valence-electron chi connectivity index (χ4n) is 1.71. The van der Waals surface area contributed by atoms with Crippen LogP contribution in [-0.4, -0.2) is 36.9 Å². The van der Waals surface area contributed by atoms with Gasteiger partial charge in [0.15, 0.2) is 11.5 Å². The second-order valence-corrected chi connectivity index (χ2v) is 4.80. The van der Waals surface area contributed by atoms with E-state index in [9.17, 15) is 4.79 Å². The molecular weight excluding hydrogens is 270 g/mol. The molecule has 2 rings (SSSR count). The first kappa shape index (κ1) is 14.0. The van der Waals surface area contributed by atoms with Gasteiger partial charge in [0.25, 0.3) is 5.91 Å². The third kappa shape index (κ3) is 3.30. The van der Waals surface area contributed by atoms with Gasteiger partial charge in [0, 0.05) is 18.0 Å². The molecule has 0 aromatic heterocycles. The van der Waals surface area contributed by atoms with Crippen LogP contribution in [0.1, 0.15) is 23.7 Å². The normalized spacial score (nSPS) is 15.5. The highest BCUT2D eigenvalue weighted by Crippen LogP contribution is 2.37. The zero-order valence-electron chi connectivity index (χ0n) is 10.6. The lowest BCUT2D eigenvalue weighted by molar-refractivity contribution is 0.0922. The van der Waals surface area contributed by atoms with Crippen molar-refractivity contribution < 1.29 is 19.4 Å². The van der Waals surface area contributed by atoms with Crippen LogP contribution >= 0.6 is 11.6 Å². The average molecular weight is 286 g/mol. The number of benzene rings is 1. The summed E-state index contributed by atoms with van der Waals surface area (Å²) in [5.74, 6) is 0.650. The number of aliphatic hydroxyl groups excluding tert-OH is 1. The molecule has 1 atom stereocenters. The van der Waals surface area contributed by atoms with Gasteiger partial charge < -0.3 is 19.9 Å². The standard InChI is InChI=1S/C13H16ClNO4/c1-8(7-16)15-13(17)9-5-10(14)12-11(6-9)18-3-2-4-19-12/h5-6,8,16H,2-4,7H2,1H3,(H,15,17). The third-order valence-electron chi connectivity index (χ3n) is 2.72. The van der Waals surface area contributed by atoms with E-state index in [0.29, 0.717) is 35.3 Å². The number of rotatable bonds is 3. The molecule has 0 saturated heterocycles. The minimum absolute atomic E-state index is 0.121. The van der Waals surface area contributed by atoms with Crippen LogP contribution < -0.4 is 14.8 Å². The molecule has 0 spiro atoms.